The SMILES string of the molecule is COC(C)COC(C)Cn1c(O)c2c(c1O)CC(CCCC(C)CCCC(C)C)CC2. The smallest absolute Gasteiger partial charge is 0.197 e. The fourth-order valence-corrected chi connectivity index (χ4v) is 4.78. The van der Waals surface area contributed by atoms with Gasteiger partial charge >= 0.3 is 0 Å². The summed E-state index contributed by atoms with van der Waals surface area (Å²) >= 11 is 0. The zero-order valence-corrected chi connectivity index (χ0v) is 20.8. The van der Waals surface area contributed by atoms with Gasteiger partial charge in [-0.1, -0.05) is 59.3 Å². The summed E-state index contributed by atoms with van der Waals surface area (Å²) in [4.78, 5) is 0. The van der Waals surface area contributed by atoms with Crippen LogP contribution in [0.3, 0.4) is 0 Å². The Hall–Kier alpha value is -1.20. The van der Waals surface area contributed by atoms with Gasteiger partial charge in [0.2, 0.25) is 0 Å². The molecule has 2 rings (SSSR count). The first kappa shape index (κ1) is 26.1. The molecule has 1 aromatic rings. The molecule has 4 unspecified atom stereocenters. The van der Waals surface area contributed by atoms with Gasteiger partial charge in [-0.3, -0.25) is 4.57 Å². The monoisotopic (exact) mass is 437 g/mol. The minimum atomic E-state index is -0.115. The molecule has 4 atom stereocenters. The van der Waals surface area contributed by atoms with Gasteiger partial charge in [-0.2, -0.15) is 0 Å². The van der Waals surface area contributed by atoms with Crippen molar-refractivity contribution in [2.24, 2.45) is 17.8 Å². The van der Waals surface area contributed by atoms with Crippen LogP contribution in [0, 0.1) is 17.8 Å². The third-order valence-electron chi connectivity index (χ3n) is 6.96. The Kier molecular flexibility index (Phi) is 10.7. The van der Waals surface area contributed by atoms with Gasteiger partial charge in [0.05, 0.1) is 25.4 Å². The summed E-state index contributed by atoms with van der Waals surface area (Å²) in [6, 6.07) is 0. The quantitative estimate of drug-likeness (QED) is 0.370. The van der Waals surface area contributed by atoms with E-state index in [2.05, 4.69) is 20.8 Å². The molecule has 180 valence electrons. The minimum absolute atomic E-state index is 0.0289. The highest BCUT2D eigenvalue weighted by molar-refractivity contribution is 5.47. The van der Waals surface area contributed by atoms with Gasteiger partial charge in [-0.15, -0.1) is 0 Å². The number of hydrogen-bond donors (Lipinski definition) is 2. The van der Waals surface area contributed by atoms with Crippen molar-refractivity contribution in [2.75, 3.05) is 13.7 Å². The van der Waals surface area contributed by atoms with E-state index in [0.29, 0.717) is 19.1 Å². The van der Waals surface area contributed by atoms with Gasteiger partial charge in [0, 0.05) is 18.2 Å². The van der Waals surface area contributed by atoms with E-state index >= 15 is 0 Å². The standard InChI is InChI=1S/C26H47NO4/c1-18(2)9-7-10-19(3)11-8-12-22-13-14-23-24(15-22)26(29)27(25(23)28)16-20(4)31-17-21(5)30-6/h18-22,28-29H,7-17H2,1-6H3. The van der Waals surface area contributed by atoms with E-state index in [9.17, 15) is 10.2 Å². The first-order valence-electron chi connectivity index (χ1n) is 12.5. The zero-order valence-electron chi connectivity index (χ0n) is 20.8. The number of aromatic nitrogens is 1. The van der Waals surface area contributed by atoms with Crippen LogP contribution in [0.2, 0.25) is 0 Å². The molecule has 0 aliphatic heterocycles. The first-order chi connectivity index (χ1) is 14.7. The van der Waals surface area contributed by atoms with Gasteiger partial charge in [-0.05, 0) is 50.9 Å². The van der Waals surface area contributed by atoms with Gasteiger partial charge in [-0.25, -0.2) is 0 Å². The minimum Gasteiger partial charge on any atom is -0.494 e. The Labute approximate surface area is 190 Å². The Morgan fingerprint density at radius 2 is 1.61 bits per heavy atom. The molecular formula is C26H47NO4. The molecule has 2 N–H and O–H groups in total. The Morgan fingerprint density at radius 1 is 0.935 bits per heavy atom. The van der Waals surface area contributed by atoms with E-state index in [0.717, 1.165) is 42.2 Å². The number of ether oxygens (including phenoxy) is 2. The normalized spacial score (nSPS) is 19.4. The Morgan fingerprint density at radius 3 is 2.29 bits per heavy atom. The summed E-state index contributed by atoms with van der Waals surface area (Å²) in [6.07, 6.45) is 10.5. The lowest BCUT2D eigenvalue weighted by molar-refractivity contribution is -0.0196. The highest BCUT2D eigenvalue weighted by Crippen LogP contribution is 2.41. The van der Waals surface area contributed by atoms with Crippen LogP contribution in [0.25, 0.3) is 0 Å². The topological polar surface area (TPSA) is 63.9 Å². The molecule has 1 aliphatic carbocycles. The Bertz CT molecular complexity index is 654. The van der Waals surface area contributed by atoms with Crippen molar-refractivity contribution in [3.63, 3.8) is 0 Å². The van der Waals surface area contributed by atoms with Crippen molar-refractivity contribution in [1.29, 1.82) is 0 Å². The summed E-state index contributed by atoms with van der Waals surface area (Å²) in [7, 11) is 1.67. The molecule has 0 amide bonds. The van der Waals surface area contributed by atoms with E-state index in [1.54, 1.807) is 11.7 Å². The summed E-state index contributed by atoms with van der Waals surface area (Å²) in [5.74, 6) is 2.67. The fraction of sp³-hybridized carbons (Fsp3) is 0.846. The molecule has 0 saturated carbocycles. The lowest BCUT2D eigenvalue weighted by atomic mass is 9.82. The second kappa shape index (κ2) is 12.7. The van der Waals surface area contributed by atoms with E-state index in [-0.39, 0.29) is 24.0 Å². The molecule has 1 aromatic heterocycles. The number of fused-ring (bicyclic) bond motifs is 1. The molecule has 0 bridgehead atoms. The van der Waals surface area contributed by atoms with Crippen LogP contribution in [-0.2, 0) is 28.9 Å². The van der Waals surface area contributed by atoms with Crippen LogP contribution in [-0.4, -0.2) is 40.7 Å². The highest BCUT2D eigenvalue weighted by Gasteiger charge is 2.29. The number of hydrogen-bond acceptors (Lipinski definition) is 4. The predicted molar refractivity (Wildman–Crippen MR) is 127 cm³/mol. The average molecular weight is 438 g/mol. The lowest BCUT2D eigenvalue weighted by Crippen LogP contribution is -2.22. The summed E-state index contributed by atoms with van der Waals surface area (Å²) in [5.41, 5.74) is 1.89. The highest BCUT2D eigenvalue weighted by atomic mass is 16.5. The summed E-state index contributed by atoms with van der Waals surface area (Å²) in [5, 5.41) is 21.5. The van der Waals surface area contributed by atoms with Crippen molar-refractivity contribution in [2.45, 2.75) is 111 Å². The zero-order chi connectivity index (χ0) is 23.0. The third-order valence-corrected chi connectivity index (χ3v) is 6.96. The maximum absolute atomic E-state index is 10.8. The van der Waals surface area contributed by atoms with Crippen LogP contribution in [0.5, 0.6) is 11.8 Å². The molecule has 1 heterocycles. The molecule has 0 saturated heterocycles. The summed E-state index contributed by atoms with van der Waals surface area (Å²) in [6.45, 7) is 11.9. The van der Waals surface area contributed by atoms with Crippen LogP contribution < -0.4 is 0 Å². The van der Waals surface area contributed by atoms with Crippen molar-refractivity contribution < 1.29 is 19.7 Å². The van der Waals surface area contributed by atoms with Gasteiger partial charge in [0.25, 0.3) is 0 Å². The molecule has 0 radical (unpaired) electrons. The van der Waals surface area contributed by atoms with E-state index in [1.807, 2.05) is 13.8 Å². The molecule has 0 fully saturated rings. The lowest BCUT2D eigenvalue weighted by Gasteiger charge is -2.23. The average Bonchev–Trinajstić information content (AvgIpc) is 2.96. The Balaban J connectivity index is 1.83. The molecular weight excluding hydrogens is 390 g/mol. The molecule has 0 aromatic carbocycles. The fourth-order valence-electron chi connectivity index (χ4n) is 4.78. The van der Waals surface area contributed by atoms with Gasteiger partial charge in [0.1, 0.15) is 0 Å². The number of nitrogens with zero attached hydrogens (tertiary/aromatic N) is 1. The number of methoxy groups -OCH3 is 1. The first-order valence-corrected chi connectivity index (χ1v) is 12.5. The molecule has 0 spiro atoms. The van der Waals surface area contributed by atoms with E-state index in [4.69, 9.17) is 9.47 Å². The second-order valence-corrected chi connectivity index (χ2v) is 10.4. The van der Waals surface area contributed by atoms with Crippen molar-refractivity contribution in [1.82, 2.24) is 4.57 Å². The molecule has 1 aliphatic rings. The summed E-state index contributed by atoms with van der Waals surface area (Å²) < 4.78 is 12.7. The van der Waals surface area contributed by atoms with E-state index < -0.39 is 0 Å². The van der Waals surface area contributed by atoms with Crippen LogP contribution in [0.4, 0.5) is 0 Å². The molecule has 5 heteroatoms. The van der Waals surface area contributed by atoms with Crippen molar-refractivity contribution in [3.8, 4) is 11.8 Å². The largest absolute Gasteiger partial charge is 0.494 e. The third kappa shape index (κ3) is 8.02. The van der Waals surface area contributed by atoms with Gasteiger partial charge in [0.15, 0.2) is 11.8 Å². The second-order valence-electron chi connectivity index (χ2n) is 10.4. The maximum Gasteiger partial charge on any atom is 0.197 e. The van der Waals surface area contributed by atoms with E-state index in [1.165, 1.54) is 38.5 Å². The van der Waals surface area contributed by atoms with Gasteiger partial charge < -0.3 is 19.7 Å². The molecule has 31 heavy (non-hydrogen) atoms. The molecule has 5 nitrogen and oxygen atoms in total. The van der Waals surface area contributed by atoms with Crippen LogP contribution in [0.1, 0.15) is 90.7 Å². The van der Waals surface area contributed by atoms with Crippen LogP contribution in [0.15, 0.2) is 0 Å². The van der Waals surface area contributed by atoms with Crippen LogP contribution >= 0.6 is 0 Å². The number of aromatic hydroxyl groups is 2. The maximum atomic E-state index is 10.8. The predicted octanol–water partition coefficient (Wildman–Crippen LogP) is 6.08. The van der Waals surface area contributed by atoms with Crippen molar-refractivity contribution >= 4 is 0 Å². The van der Waals surface area contributed by atoms with Crippen molar-refractivity contribution in [3.05, 3.63) is 11.1 Å². The number of rotatable bonds is 14.